The van der Waals surface area contributed by atoms with E-state index in [4.69, 9.17) is 26.0 Å². The minimum atomic E-state index is -1.15. The van der Waals surface area contributed by atoms with Crippen LogP contribution < -0.4 is 10.8 Å². The van der Waals surface area contributed by atoms with Crippen molar-refractivity contribution in [2.24, 2.45) is 0 Å². The van der Waals surface area contributed by atoms with Gasteiger partial charge in [0.25, 0.3) is 0 Å². The molecule has 0 spiro atoms. The van der Waals surface area contributed by atoms with Gasteiger partial charge in [0.2, 0.25) is 0 Å². The number of hydrogen-bond acceptors (Lipinski definition) is 3. The summed E-state index contributed by atoms with van der Waals surface area (Å²) in [5, 5.41) is 11.7. The van der Waals surface area contributed by atoms with Crippen LogP contribution in [0.15, 0.2) is 18.2 Å². The van der Waals surface area contributed by atoms with E-state index in [0.717, 1.165) is 0 Å². The van der Waals surface area contributed by atoms with E-state index in [1.54, 1.807) is 18.2 Å². The summed E-state index contributed by atoms with van der Waals surface area (Å²) < 4.78 is 11.8. The van der Waals surface area contributed by atoms with E-state index in [1.807, 2.05) is 27.7 Å². The van der Waals surface area contributed by atoms with E-state index in [2.05, 4.69) is 5.32 Å². The van der Waals surface area contributed by atoms with E-state index in [1.165, 1.54) is 0 Å². The van der Waals surface area contributed by atoms with Crippen molar-refractivity contribution in [3.63, 3.8) is 0 Å². The van der Waals surface area contributed by atoms with E-state index >= 15 is 0 Å². The van der Waals surface area contributed by atoms with Crippen LogP contribution in [0.3, 0.4) is 0 Å². The highest BCUT2D eigenvalue weighted by atomic mass is 35.5. The Morgan fingerprint density at radius 3 is 2.30 bits per heavy atom. The topological polar surface area (TPSA) is 67.8 Å². The number of nitrogens with one attached hydrogen (secondary N) is 1. The van der Waals surface area contributed by atoms with Crippen molar-refractivity contribution in [3.05, 3.63) is 23.2 Å². The van der Waals surface area contributed by atoms with Crippen LogP contribution in [-0.2, 0) is 9.31 Å². The second-order valence-corrected chi connectivity index (χ2v) is 6.19. The highest BCUT2D eigenvalue weighted by molar-refractivity contribution is 6.64. The molecule has 0 saturated carbocycles. The van der Waals surface area contributed by atoms with Crippen molar-refractivity contribution in [2.45, 2.75) is 38.9 Å². The molecule has 7 heteroatoms. The summed E-state index contributed by atoms with van der Waals surface area (Å²) in [7, 11) is -0.666. The molecule has 1 aliphatic heterocycles. The molecule has 2 N–H and O–H groups in total. The Kier molecular flexibility index (Phi) is 3.75. The molecule has 0 aromatic heterocycles. The van der Waals surface area contributed by atoms with Crippen molar-refractivity contribution >= 4 is 36.0 Å². The summed E-state index contributed by atoms with van der Waals surface area (Å²) in [6.07, 6.45) is -1.15. The van der Waals surface area contributed by atoms with Crippen LogP contribution in [0.1, 0.15) is 27.7 Å². The lowest BCUT2D eigenvalue weighted by Crippen LogP contribution is -2.41. The van der Waals surface area contributed by atoms with E-state index in [0.29, 0.717) is 16.2 Å². The Hall–Kier alpha value is -1.24. The van der Waals surface area contributed by atoms with Crippen LogP contribution in [0.5, 0.6) is 0 Å². The zero-order chi connectivity index (χ0) is 15.1. The van der Waals surface area contributed by atoms with Crippen molar-refractivity contribution in [1.29, 1.82) is 0 Å². The standard InChI is InChI=1S/C13H17BClNO4/c1-12(2)13(3,4)20-14(19-12)9-7-8(15)5-6-10(9)16-11(17)18/h5-7,16H,1-4H3,(H,17,18). The summed E-state index contributed by atoms with van der Waals surface area (Å²) >= 11 is 5.99. The van der Waals surface area contributed by atoms with Crippen LogP contribution in [0.4, 0.5) is 10.5 Å². The van der Waals surface area contributed by atoms with Gasteiger partial charge in [-0.2, -0.15) is 0 Å². The minimum absolute atomic E-state index is 0.403. The number of rotatable bonds is 2. The molecule has 0 radical (unpaired) electrons. The second kappa shape index (κ2) is 4.95. The quantitative estimate of drug-likeness (QED) is 0.824. The van der Waals surface area contributed by atoms with Crippen LogP contribution in [0.25, 0.3) is 0 Å². The summed E-state index contributed by atoms with van der Waals surface area (Å²) in [6, 6.07) is 4.85. The number of carboxylic acid groups (broad SMARTS) is 1. The molecule has 0 bridgehead atoms. The predicted octanol–water partition coefficient (Wildman–Crippen LogP) is 2.73. The van der Waals surface area contributed by atoms with Crippen LogP contribution in [0, 0.1) is 0 Å². The zero-order valence-corrected chi connectivity index (χ0v) is 12.6. The molecule has 1 saturated heterocycles. The molecule has 2 rings (SSSR count). The van der Waals surface area contributed by atoms with Gasteiger partial charge in [-0.1, -0.05) is 11.6 Å². The molecule has 1 amide bonds. The predicted molar refractivity (Wildman–Crippen MR) is 78.8 cm³/mol. The number of benzene rings is 1. The average Bonchev–Trinajstić information content (AvgIpc) is 2.50. The molecular weight excluding hydrogens is 280 g/mol. The second-order valence-electron chi connectivity index (χ2n) is 5.75. The SMILES string of the molecule is CC1(C)OB(c2cc(Cl)ccc2NC(=O)O)OC1(C)C. The van der Waals surface area contributed by atoms with Crippen molar-refractivity contribution < 1.29 is 19.2 Å². The highest BCUT2D eigenvalue weighted by Crippen LogP contribution is 2.37. The van der Waals surface area contributed by atoms with Gasteiger partial charge in [0.05, 0.1) is 11.2 Å². The van der Waals surface area contributed by atoms with Gasteiger partial charge in [0.1, 0.15) is 0 Å². The van der Waals surface area contributed by atoms with Gasteiger partial charge in [0.15, 0.2) is 0 Å². The third kappa shape index (κ3) is 2.77. The number of halogens is 1. The van der Waals surface area contributed by atoms with Gasteiger partial charge < -0.3 is 14.4 Å². The molecule has 0 unspecified atom stereocenters. The fourth-order valence-electron chi connectivity index (χ4n) is 1.93. The monoisotopic (exact) mass is 297 g/mol. The molecular formula is C13H17BClNO4. The summed E-state index contributed by atoms with van der Waals surface area (Å²) in [5.41, 5.74) is -0.0278. The number of amides is 1. The molecule has 0 atom stereocenters. The Morgan fingerprint density at radius 1 is 1.25 bits per heavy atom. The van der Waals surface area contributed by atoms with Gasteiger partial charge in [0, 0.05) is 16.2 Å². The minimum Gasteiger partial charge on any atom is -0.465 e. The molecule has 1 fully saturated rings. The van der Waals surface area contributed by atoms with Gasteiger partial charge in [-0.3, -0.25) is 5.32 Å². The molecule has 5 nitrogen and oxygen atoms in total. The first-order valence-corrected chi connectivity index (χ1v) is 6.65. The maximum absolute atomic E-state index is 10.8. The Balaban J connectivity index is 2.38. The molecule has 1 aromatic carbocycles. The first-order chi connectivity index (χ1) is 9.12. The van der Waals surface area contributed by atoms with Crippen LogP contribution >= 0.6 is 11.6 Å². The maximum atomic E-state index is 10.8. The number of anilines is 1. The molecule has 1 aliphatic rings. The molecule has 108 valence electrons. The fourth-order valence-corrected chi connectivity index (χ4v) is 2.11. The van der Waals surface area contributed by atoms with Crippen molar-refractivity contribution in [3.8, 4) is 0 Å². The normalized spacial score (nSPS) is 19.9. The molecule has 1 aromatic rings. The Labute approximate surface area is 123 Å². The lowest BCUT2D eigenvalue weighted by atomic mass is 9.78. The zero-order valence-electron chi connectivity index (χ0n) is 11.9. The third-order valence-corrected chi connectivity index (χ3v) is 4.00. The van der Waals surface area contributed by atoms with Gasteiger partial charge in [-0.05, 0) is 45.9 Å². The van der Waals surface area contributed by atoms with Crippen molar-refractivity contribution in [1.82, 2.24) is 0 Å². The van der Waals surface area contributed by atoms with Crippen molar-refractivity contribution in [2.75, 3.05) is 5.32 Å². The Bertz CT molecular complexity index is 531. The third-order valence-electron chi connectivity index (χ3n) is 3.76. The smallest absolute Gasteiger partial charge is 0.465 e. The molecule has 20 heavy (non-hydrogen) atoms. The van der Waals surface area contributed by atoms with Crippen LogP contribution in [0.2, 0.25) is 5.02 Å². The lowest BCUT2D eigenvalue weighted by Gasteiger charge is -2.32. The first-order valence-electron chi connectivity index (χ1n) is 6.27. The van der Waals surface area contributed by atoms with Crippen LogP contribution in [-0.4, -0.2) is 29.5 Å². The average molecular weight is 298 g/mol. The number of hydrogen-bond donors (Lipinski definition) is 2. The summed E-state index contributed by atoms with van der Waals surface area (Å²) in [6.45, 7) is 7.73. The van der Waals surface area contributed by atoms with E-state index in [-0.39, 0.29) is 0 Å². The fraction of sp³-hybridized carbons (Fsp3) is 0.462. The maximum Gasteiger partial charge on any atom is 0.497 e. The first kappa shape index (κ1) is 15.2. The highest BCUT2D eigenvalue weighted by Gasteiger charge is 2.52. The van der Waals surface area contributed by atoms with Gasteiger partial charge in [-0.25, -0.2) is 4.79 Å². The summed E-state index contributed by atoms with van der Waals surface area (Å²) in [5.74, 6) is 0. The summed E-state index contributed by atoms with van der Waals surface area (Å²) in [4.78, 5) is 10.8. The number of carbonyl (C=O) groups is 1. The largest absolute Gasteiger partial charge is 0.497 e. The van der Waals surface area contributed by atoms with Gasteiger partial charge in [-0.15, -0.1) is 0 Å². The van der Waals surface area contributed by atoms with E-state index < -0.39 is 24.4 Å². The lowest BCUT2D eigenvalue weighted by molar-refractivity contribution is 0.00578. The Morgan fingerprint density at radius 2 is 1.80 bits per heavy atom. The van der Waals surface area contributed by atoms with E-state index in [9.17, 15) is 4.79 Å². The van der Waals surface area contributed by atoms with Gasteiger partial charge >= 0.3 is 13.2 Å². The molecule has 0 aliphatic carbocycles. The molecule has 1 heterocycles.